The molecule has 1 saturated heterocycles. The van der Waals surface area contributed by atoms with Gasteiger partial charge in [0.2, 0.25) is 0 Å². The molecule has 1 aliphatic rings. The second-order valence-corrected chi connectivity index (χ2v) is 4.65. The molecule has 2 rings (SSSR count). The molecule has 0 radical (unpaired) electrons. The Morgan fingerprint density at radius 1 is 1.44 bits per heavy atom. The number of benzene rings is 1. The highest BCUT2D eigenvalue weighted by atomic mass is 19.2. The normalized spacial score (nSPS) is 23.7. The third kappa shape index (κ3) is 2.67. The molecular formula is C13H16F2N2O. The molecule has 98 valence electrons. The summed E-state index contributed by atoms with van der Waals surface area (Å²) in [5.41, 5.74) is -0.235. The number of nitrogens with one attached hydrogen (secondary N) is 2. The monoisotopic (exact) mass is 254 g/mol. The van der Waals surface area contributed by atoms with Gasteiger partial charge in [0.15, 0.2) is 11.6 Å². The van der Waals surface area contributed by atoms with Gasteiger partial charge in [0.25, 0.3) is 5.91 Å². The standard InChI is InChI=1S/C13H16F2N2O/c1-8-7-16-6-5-11(8)17-13(18)9-3-2-4-10(14)12(9)15/h2-4,8,11,16H,5-7H2,1H3,(H,17,18)/t8-,11-/m1/s1. The van der Waals surface area contributed by atoms with Crippen LogP contribution in [0.4, 0.5) is 8.78 Å². The number of rotatable bonds is 2. The molecule has 1 amide bonds. The molecule has 5 heteroatoms. The second-order valence-electron chi connectivity index (χ2n) is 4.65. The molecule has 1 heterocycles. The summed E-state index contributed by atoms with van der Waals surface area (Å²) in [7, 11) is 0. The number of halogens is 2. The minimum atomic E-state index is -1.09. The highest BCUT2D eigenvalue weighted by Gasteiger charge is 2.24. The summed E-state index contributed by atoms with van der Waals surface area (Å²) in [4.78, 5) is 11.9. The second kappa shape index (κ2) is 5.44. The van der Waals surface area contributed by atoms with E-state index in [0.29, 0.717) is 0 Å². The minimum Gasteiger partial charge on any atom is -0.349 e. The highest BCUT2D eigenvalue weighted by molar-refractivity contribution is 5.94. The van der Waals surface area contributed by atoms with Gasteiger partial charge in [-0.15, -0.1) is 0 Å². The zero-order valence-electron chi connectivity index (χ0n) is 10.2. The van der Waals surface area contributed by atoms with Crippen LogP contribution in [0.1, 0.15) is 23.7 Å². The van der Waals surface area contributed by atoms with Gasteiger partial charge in [-0.2, -0.15) is 0 Å². The van der Waals surface area contributed by atoms with Crippen molar-refractivity contribution in [3.8, 4) is 0 Å². The Balaban J connectivity index is 2.09. The maximum atomic E-state index is 13.5. The highest BCUT2D eigenvalue weighted by Crippen LogP contribution is 2.14. The van der Waals surface area contributed by atoms with Crippen LogP contribution >= 0.6 is 0 Å². The number of carbonyl (C=O) groups excluding carboxylic acids is 1. The Hall–Kier alpha value is -1.49. The Bertz CT molecular complexity index is 451. The lowest BCUT2D eigenvalue weighted by Gasteiger charge is -2.30. The van der Waals surface area contributed by atoms with Crippen LogP contribution < -0.4 is 10.6 Å². The number of amides is 1. The van der Waals surface area contributed by atoms with E-state index < -0.39 is 17.5 Å². The van der Waals surface area contributed by atoms with Crippen LogP contribution in [0, 0.1) is 17.6 Å². The predicted molar refractivity (Wildman–Crippen MR) is 64.3 cm³/mol. The van der Waals surface area contributed by atoms with Crippen LogP contribution in [0.5, 0.6) is 0 Å². The molecule has 18 heavy (non-hydrogen) atoms. The topological polar surface area (TPSA) is 41.1 Å². The van der Waals surface area contributed by atoms with Crippen LogP contribution in [0.15, 0.2) is 18.2 Å². The molecule has 0 spiro atoms. The first-order valence-electron chi connectivity index (χ1n) is 6.05. The smallest absolute Gasteiger partial charge is 0.254 e. The van der Waals surface area contributed by atoms with Gasteiger partial charge in [0, 0.05) is 6.04 Å². The SMILES string of the molecule is C[C@@H]1CNCC[C@H]1NC(=O)c1cccc(F)c1F. The fourth-order valence-electron chi connectivity index (χ4n) is 2.15. The molecule has 1 aromatic rings. The number of carbonyl (C=O) groups is 1. The molecule has 0 aromatic heterocycles. The lowest BCUT2D eigenvalue weighted by molar-refractivity contribution is 0.0909. The first-order valence-corrected chi connectivity index (χ1v) is 6.05. The van der Waals surface area contributed by atoms with Crippen LogP contribution in [0.3, 0.4) is 0 Å². The van der Waals surface area contributed by atoms with Crippen molar-refractivity contribution in [2.75, 3.05) is 13.1 Å². The van der Waals surface area contributed by atoms with Crippen molar-refractivity contribution in [1.29, 1.82) is 0 Å². The molecule has 0 unspecified atom stereocenters. The van der Waals surface area contributed by atoms with Gasteiger partial charge < -0.3 is 10.6 Å². The fourth-order valence-corrected chi connectivity index (χ4v) is 2.15. The van der Waals surface area contributed by atoms with Crippen molar-refractivity contribution in [2.45, 2.75) is 19.4 Å². The lowest BCUT2D eigenvalue weighted by Crippen LogP contribution is -2.48. The predicted octanol–water partition coefficient (Wildman–Crippen LogP) is 1.69. The van der Waals surface area contributed by atoms with Crippen molar-refractivity contribution < 1.29 is 13.6 Å². The molecule has 1 aromatic carbocycles. The van der Waals surface area contributed by atoms with Gasteiger partial charge in [0.1, 0.15) is 0 Å². The molecular weight excluding hydrogens is 238 g/mol. The molecule has 1 aliphatic heterocycles. The molecule has 3 nitrogen and oxygen atoms in total. The summed E-state index contributed by atoms with van der Waals surface area (Å²) in [6, 6.07) is 3.62. The van der Waals surface area contributed by atoms with Gasteiger partial charge in [-0.3, -0.25) is 4.79 Å². The van der Waals surface area contributed by atoms with E-state index in [0.717, 1.165) is 25.6 Å². The summed E-state index contributed by atoms with van der Waals surface area (Å²) in [5, 5.41) is 5.98. The van der Waals surface area contributed by atoms with Crippen LogP contribution in [0.2, 0.25) is 0 Å². The maximum absolute atomic E-state index is 13.5. The maximum Gasteiger partial charge on any atom is 0.254 e. The fraction of sp³-hybridized carbons (Fsp3) is 0.462. The van der Waals surface area contributed by atoms with Gasteiger partial charge in [0.05, 0.1) is 5.56 Å². The molecule has 0 bridgehead atoms. The van der Waals surface area contributed by atoms with E-state index in [1.165, 1.54) is 12.1 Å². The first kappa shape index (κ1) is 13.0. The third-order valence-corrected chi connectivity index (χ3v) is 3.30. The van der Waals surface area contributed by atoms with Crippen molar-refractivity contribution in [3.05, 3.63) is 35.4 Å². The molecule has 0 saturated carbocycles. The molecule has 1 fully saturated rings. The first-order chi connectivity index (χ1) is 8.59. The quantitative estimate of drug-likeness (QED) is 0.843. The number of hydrogen-bond donors (Lipinski definition) is 2. The summed E-state index contributed by atoms with van der Waals surface area (Å²) in [5.74, 6) is -2.36. The van der Waals surface area contributed by atoms with Crippen molar-refractivity contribution in [2.24, 2.45) is 5.92 Å². The van der Waals surface area contributed by atoms with Crippen LogP contribution in [-0.2, 0) is 0 Å². The van der Waals surface area contributed by atoms with Crippen LogP contribution in [-0.4, -0.2) is 25.0 Å². The minimum absolute atomic E-state index is 0.00131. The van der Waals surface area contributed by atoms with Crippen LogP contribution in [0.25, 0.3) is 0 Å². The van der Waals surface area contributed by atoms with Gasteiger partial charge in [-0.05, 0) is 37.6 Å². The average Bonchev–Trinajstić information content (AvgIpc) is 2.35. The molecule has 2 atom stereocenters. The van der Waals surface area contributed by atoms with E-state index in [9.17, 15) is 13.6 Å². The average molecular weight is 254 g/mol. The Kier molecular flexibility index (Phi) is 3.91. The van der Waals surface area contributed by atoms with E-state index in [1.54, 1.807) is 0 Å². The summed E-state index contributed by atoms with van der Waals surface area (Å²) >= 11 is 0. The van der Waals surface area contributed by atoms with Gasteiger partial charge >= 0.3 is 0 Å². The summed E-state index contributed by atoms with van der Waals surface area (Å²) in [6.45, 7) is 3.65. The van der Waals surface area contributed by atoms with Gasteiger partial charge in [-0.1, -0.05) is 13.0 Å². The van der Waals surface area contributed by atoms with E-state index in [-0.39, 0.29) is 17.5 Å². The molecule has 2 N–H and O–H groups in total. The Labute approximate surface area is 105 Å². The zero-order chi connectivity index (χ0) is 13.1. The summed E-state index contributed by atoms with van der Waals surface area (Å²) < 4.78 is 26.5. The van der Waals surface area contributed by atoms with E-state index in [1.807, 2.05) is 6.92 Å². The zero-order valence-corrected chi connectivity index (χ0v) is 10.2. The number of hydrogen-bond acceptors (Lipinski definition) is 2. The van der Waals surface area contributed by atoms with Crippen molar-refractivity contribution in [3.63, 3.8) is 0 Å². The summed E-state index contributed by atoms with van der Waals surface area (Å²) in [6.07, 6.45) is 0.795. The van der Waals surface area contributed by atoms with Crippen molar-refractivity contribution >= 4 is 5.91 Å². The van der Waals surface area contributed by atoms with Crippen molar-refractivity contribution in [1.82, 2.24) is 10.6 Å². The third-order valence-electron chi connectivity index (χ3n) is 3.30. The Morgan fingerprint density at radius 3 is 2.94 bits per heavy atom. The molecule has 0 aliphatic carbocycles. The van der Waals surface area contributed by atoms with Gasteiger partial charge in [-0.25, -0.2) is 8.78 Å². The van der Waals surface area contributed by atoms with E-state index in [4.69, 9.17) is 0 Å². The van der Waals surface area contributed by atoms with E-state index in [2.05, 4.69) is 10.6 Å². The van der Waals surface area contributed by atoms with E-state index >= 15 is 0 Å². The Morgan fingerprint density at radius 2 is 2.22 bits per heavy atom. The lowest BCUT2D eigenvalue weighted by atomic mass is 9.95. The largest absolute Gasteiger partial charge is 0.349 e. The number of piperidine rings is 1.